The topological polar surface area (TPSA) is 65.7 Å². The van der Waals surface area contributed by atoms with E-state index >= 15 is 0 Å². The molecule has 4 rings (SSSR count). The van der Waals surface area contributed by atoms with Gasteiger partial charge in [-0.15, -0.1) is 11.3 Å². The number of benzene rings is 2. The van der Waals surface area contributed by atoms with Gasteiger partial charge in [-0.05, 0) is 41.3 Å². The van der Waals surface area contributed by atoms with Gasteiger partial charge in [0.25, 0.3) is 5.56 Å². The maximum Gasteiger partial charge on any atom is 0.282 e. The van der Waals surface area contributed by atoms with Crippen LogP contribution in [0.3, 0.4) is 0 Å². The highest BCUT2D eigenvalue weighted by Crippen LogP contribution is 2.28. The summed E-state index contributed by atoms with van der Waals surface area (Å²) in [5, 5.41) is 6.94. The molecule has 4 aromatic rings. The molecule has 0 unspecified atom stereocenters. The fourth-order valence-electron chi connectivity index (χ4n) is 3.06. The van der Waals surface area contributed by atoms with Crippen molar-refractivity contribution in [1.82, 2.24) is 9.66 Å². The van der Waals surface area contributed by atoms with Crippen molar-refractivity contribution in [2.75, 3.05) is 14.2 Å². The Morgan fingerprint density at radius 2 is 1.90 bits per heavy atom. The van der Waals surface area contributed by atoms with E-state index in [4.69, 9.17) is 14.5 Å². The highest BCUT2D eigenvalue weighted by atomic mass is 32.1. The van der Waals surface area contributed by atoms with Crippen LogP contribution in [0.2, 0.25) is 0 Å². The minimum Gasteiger partial charge on any atom is -0.493 e. The quantitative estimate of drug-likeness (QED) is 0.456. The van der Waals surface area contributed by atoms with Crippen LogP contribution in [0, 0.1) is 0 Å². The number of thiophene rings is 1. The van der Waals surface area contributed by atoms with Gasteiger partial charge in [0.1, 0.15) is 5.82 Å². The number of rotatable bonds is 6. The van der Waals surface area contributed by atoms with E-state index in [-0.39, 0.29) is 5.56 Å². The van der Waals surface area contributed by atoms with Crippen LogP contribution in [-0.2, 0) is 6.42 Å². The fourth-order valence-corrected chi connectivity index (χ4v) is 3.64. The summed E-state index contributed by atoms with van der Waals surface area (Å²) in [6, 6.07) is 16.8. The minimum absolute atomic E-state index is 0.195. The highest BCUT2D eigenvalue weighted by molar-refractivity contribution is 7.11. The Labute approximate surface area is 171 Å². The summed E-state index contributed by atoms with van der Waals surface area (Å²) < 4.78 is 12.1. The molecular weight excluding hydrogens is 386 g/mol. The van der Waals surface area contributed by atoms with E-state index in [1.807, 2.05) is 53.9 Å². The van der Waals surface area contributed by atoms with Crippen LogP contribution in [0.1, 0.15) is 16.3 Å². The lowest BCUT2D eigenvalue weighted by molar-refractivity contribution is 0.354. The lowest BCUT2D eigenvalue weighted by Gasteiger charge is -2.12. The van der Waals surface area contributed by atoms with E-state index in [9.17, 15) is 4.79 Å². The first kappa shape index (κ1) is 18.9. The molecule has 0 saturated carbocycles. The molecule has 0 saturated heterocycles. The second-order valence-corrected chi connectivity index (χ2v) is 7.27. The van der Waals surface area contributed by atoms with Crippen LogP contribution in [0.5, 0.6) is 11.5 Å². The normalized spacial score (nSPS) is 11.2. The molecule has 2 heterocycles. The van der Waals surface area contributed by atoms with Gasteiger partial charge in [0, 0.05) is 11.3 Å². The molecule has 0 aliphatic heterocycles. The fraction of sp³-hybridized carbons (Fsp3) is 0.136. The van der Waals surface area contributed by atoms with Gasteiger partial charge in [-0.3, -0.25) is 4.79 Å². The average Bonchev–Trinajstić information content (AvgIpc) is 3.27. The number of aromatic nitrogens is 2. The first-order chi connectivity index (χ1) is 14.2. The molecule has 6 nitrogen and oxygen atoms in total. The number of para-hydroxylation sites is 1. The molecule has 0 spiro atoms. The molecule has 0 radical (unpaired) electrons. The molecule has 0 atom stereocenters. The second kappa shape index (κ2) is 8.28. The van der Waals surface area contributed by atoms with E-state index in [0.717, 1.165) is 10.4 Å². The molecular formula is C22H19N3O3S. The number of methoxy groups -OCH3 is 2. The highest BCUT2D eigenvalue weighted by Gasteiger charge is 2.13. The number of nitrogens with zero attached hydrogens (tertiary/aromatic N) is 3. The lowest BCUT2D eigenvalue weighted by Crippen LogP contribution is -2.22. The maximum atomic E-state index is 13.1. The molecule has 0 aliphatic carbocycles. The van der Waals surface area contributed by atoms with Crippen molar-refractivity contribution < 1.29 is 9.47 Å². The lowest BCUT2D eigenvalue weighted by atomic mass is 10.1. The van der Waals surface area contributed by atoms with Crippen LogP contribution < -0.4 is 15.0 Å². The number of hydrogen-bond acceptors (Lipinski definition) is 6. The summed E-state index contributed by atoms with van der Waals surface area (Å²) in [5.74, 6) is 1.83. The standard InChI is InChI=1S/C22H19N3O3S/c1-27-19-10-9-15(12-20(19)28-2)13-21-24-18-8-4-3-7-17(18)22(26)25(21)23-14-16-6-5-11-29-16/h3-12,14H,13H2,1-2H3/b23-14-. The molecule has 7 heteroatoms. The first-order valence-corrected chi connectivity index (χ1v) is 9.87. The van der Waals surface area contributed by atoms with Gasteiger partial charge in [-0.2, -0.15) is 9.78 Å². The van der Waals surface area contributed by atoms with Gasteiger partial charge in [0.05, 0.1) is 31.3 Å². The van der Waals surface area contributed by atoms with Gasteiger partial charge in [0.15, 0.2) is 11.5 Å². The summed E-state index contributed by atoms with van der Waals surface area (Å²) in [5.41, 5.74) is 1.39. The molecule has 0 aliphatic rings. The van der Waals surface area contributed by atoms with E-state index in [1.165, 1.54) is 4.68 Å². The van der Waals surface area contributed by atoms with Crippen LogP contribution in [-0.4, -0.2) is 30.1 Å². The SMILES string of the molecule is COc1ccc(Cc2nc3ccccc3c(=O)n2/N=C\c2cccs2)cc1OC. The average molecular weight is 405 g/mol. The number of hydrogen-bond donors (Lipinski definition) is 0. The van der Waals surface area contributed by atoms with Gasteiger partial charge >= 0.3 is 0 Å². The van der Waals surface area contributed by atoms with Crippen molar-refractivity contribution in [3.05, 3.63) is 86.6 Å². The Hall–Kier alpha value is -3.45. The zero-order valence-corrected chi connectivity index (χ0v) is 16.8. The van der Waals surface area contributed by atoms with E-state index in [1.54, 1.807) is 37.8 Å². The molecule has 2 aromatic carbocycles. The Bertz CT molecular complexity index is 1230. The Morgan fingerprint density at radius 1 is 1.07 bits per heavy atom. The summed E-state index contributed by atoms with van der Waals surface area (Å²) >= 11 is 1.55. The van der Waals surface area contributed by atoms with Crippen molar-refractivity contribution in [3.63, 3.8) is 0 Å². The Morgan fingerprint density at radius 3 is 2.66 bits per heavy atom. The van der Waals surface area contributed by atoms with E-state index in [2.05, 4.69) is 5.10 Å². The predicted molar refractivity (Wildman–Crippen MR) is 116 cm³/mol. The summed E-state index contributed by atoms with van der Waals surface area (Å²) in [7, 11) is 3.19. The van der Waals surface area contributed by atoms with E-state index in [0.29, 0.717) is 34.6 Å². The molecule has 29 heavy (non-hydrogen) atoms. The summed E-state index contributed by atoms with van der Waals surface area (Å²) in [6.45, 7) is 0. The number of ether oxygens (including phenoxy) is 2. The molecule has 0 fully saturated rings. The monoisotopic (exact) mass is 405 g/mol. The third-order valence-corrected chi connectivity index (χ3v) is 5.28. The molecule has 0 N–H and O–H groups in total. The van der Waals surface area contributed by atoms with Crippen LogP contribution in [0.25, 0.3) is 10.9 Å². The van der Waals surface area contributed by atoms with E-state index < -0.39 is 0 Å². The van der Waals surface area contributed by atoms with Crippen LogP contribution in [0.4, 0.5) is 0 Å². The third kappa shape index (κ3) is 3.90. The van der Waals surface area contributed by atoms with Crippen molar-refractivity contribution in [3.8, 4) is 11.5 Å². The van der Waals surface area contributed by atoms with Crippen molar-refractivity contribution in [2.45, 2.75) is 6.42 Å². The van der Waals surface area contributed by atoms with Gasteiger partial charge in [0.2, 0.25) is 0 Å². The first-order valence-electron chi connectivity index (χ1n) is 8.99. The molecule has 0 bridgehead atoms. The molecule has 2 aromatic heterocycles. The minimum atomic E-state index is -0.195. The predicted octanol–water partition coefficient (Wildman–Crippen LogP) is 3.95. The van der Waals surface area contributed by atoms with Crippen molar-refractivity contribution in [2.24, 2.45) is 5.10 Å². The summed E-state index contributed by atoms with van der Waals surface area (Å²) in [4.78, 5) is 18.8. The smallest absolute Gasteiger partial charge is 0.282 e. The zero-order chi connectivity index (χ0) is 20.2. The van der Waals surface area contributed by atoms with Gasteiger partial charge in [-0.1, -0.05) is 24.3 Å². The molecule has 146 valence electrons. The largest absolute Gasteiger partial charge is 0.493 e. The Kier molecular flexibility index (Phi) is 5.39. The maximum absolute atomic E-state index is 13.1. The van der Waals surface area contributed by atoms with Gasteiger partial charge in [-0.25, -0.2) is 4.98 Å². The zero-order valence-electron chi connectivity index (χ0n) is 16.0. The van der Waals surface area contributed by atoms with Crippen LogP contribution in [0.15, 0.2) is 69.9 Å². The summed E-state index contributed by atoms with van der Waals surface area (Å²) in [6.07, 6.45) is 2.10. The van der Waals surface area contributed by atoms with Crippen molar-refractivity contribution >= 4 is 28.5 Å². The third-order valence-electron chi connectivity index (χ3n) is 4.47. The number of fused-ring (bicyclic) bond motifs is 1. The van der Waals surface area contributed by atoms with Gasteiger partial charge < -0.3 is 9.47 Å². The second-order valence-electron chi connectivity index (χ2n) is 6.29. The molecule has 0 amide bonds. The van der Waals surface area contributed by atoms with Crippen molar-refractivity contribution in [1.29, 1.82) is 0 Å². The van der Waals surface area contributed by atoms with Crippen LogP contribution >= 0.6 is 11.3 Å². The Balaban J connectivity index is 1.82.